The molecule has 44 heteroatoms. The van der Waals surface area contributed by atoms with Crippen molar-refractivity contribution >= 4 is 152 Å². The molecule has 0 atom stereocenters. The molecule has 0 aromatic heterocycles. The van der Waals surface area contributed by atoms with Crippen LogP contribution in [-0.4, -0.2) is 208 Å². The first-order chi connectivity index (χ1) is 64.1. The van der Waals surface area contributed by atoms with Crippen LogP contribution in [0.15, 0.2) is 188 Å². The number of hydrogen-bond acceptors (Lipinski definition) is 33. The molecule has 4 amide bonds. The lowest BCUT2D eigenvalue weighted by atomic mass is 10.1. The molecule has 137 heavy (non-hydrogen) atoms. The molecule has 0 bridgehead atoms. The summed E-state index contributed by atoms with van der Waals surface area (Å²) in [7, 11) is -14.1. The number of amides is 4. The Labute approximate surface area is 817 Å². The smallest absolute Gasteiger partial charge is 0.424 e. The summed E-state index contributed by atoms with van der Waals surface area (Å²) in [5, 5.41) is 24.1. The number of carbonyl (C=O) groups is 9. The second kappa shape index (κ2) is 66.9. The highest BCUT2D eigenvalue weighted by Crippen LogP contribution is 2.20. The van der Waals surface area contributed by atoms with E-state index in [1.807, 2.05) is 48.5 Å². The third-order valence-corrected chi connectivity index (χ3v) is 23.5. The van der Waals surface area contributed by atoms with E-state index in [0.717, 1.165) is 47.0 Å². The van der Waals surface area contributed by atoms with Crippen molar-refractivity contribution in [1.29, 1.82) is 5.26 Å². The first-order valence-electron chi connectivity index (χ1n) is 42.8. The minimum absolute atomic E-state index is 0.0241. The number of sulfonamides is 1. The highest BCUT2D eigenvalue weighted by Gasteiger charge is 2.32. The Hall–Kier alpha value is -11.5. The van der Waals surface area contributed by atoms with E-state index in [1.54, 1.807) is 230 Å². The number of alkyl halides is 1. The maximum atomic E-state index is 13.0. The summed E-state index contributed by atoms with van der Waals surface area (Å²) in [6.45, 7) is 25.7. The SMILES string of the molecule is CC(C)(C)OC(=O)Nc1ccc(CCS(=O)(=O)CC(=O)OCc2ccccc2)cc1.CCCN.CCOC(=O)CBr.CCOC(=O)CCS(=O)(=O)CCc1ccc(N)cc1.CCOC(=O)CCS(=O)(=O)CCc1ccc(NC(=O)OC(C)(C)C)cc1.CCOC(=O)CN(C(=O)OCc1ccccc1)S(=O)(=O)CCc1ccc(NC(=O)OC(C)(C)C)cc1.N#COS(=O)(=O)Cl.OCc1ccccc1. The zero-order valence-electron chi connectivity index (χ0n) is 79.5. The molecule has 0 aliphatic carbocycles. The molecule has 0 aliphatic heterocycles. The van der Waals surface area contributed by atoms with Crippen molar-refractivity contribution in [3.63, 3.8) is 0 Å². The van der Waals surface area contributed by atoms with Gasteiger partial charge in [-0.2, -0.15) is 12.7 Å². The molecule has 0 fully saturated rings. The van der Waals surface area contributed by atoms with E-state index in [2.05, 4.69) is 58.4 Å². The molecule has 7 rings (SSSR count). The first kappa shape index (κ1) is 125. The zero-order chi connectivity index (χ0) is 104. The zero-order valence-corrected chi connectivity index (χ0v) is 85.9. The number of carbonyl (C=O) groups excluding carboxylic acids is 9. The van der Waals surface area contributed by atoms with Gasteiger partial charge in [0.1, 0.15) is 47.6 Å². The van der Waals surface area contributed by atoms with Crippen molar-refractivity contribution in [2.45, 2.75) is 179 Å². The summed E-state index contributed by atoms with van der Waals surface area (Å²) in [4.78, 5) is 104. The summed E-state index contributed by atoms with van der Waals surface area (Å²) in [5.41, 5.74) is 16.6. The van der Waals surface area contributed by atoms with Gasteiger partial charge in [0.15, 0.2) is 29.5 Å². The minimum atomic E-state index is -4.22. The summed E-state index contributed by atoms with van der Waals surface area (Å²) in [6, 6.07) is 54.5. The van der Waals surface area contributed by atoms with Gasteiger partial charge in [-0.15, -0.1) is 5.26 Å². The summed E-state index contributed by atoms with van der Waals surface area (Å²) >= 11 is 2.94. The minimum Gasteiger partial charge on any atom is -0.466 e. The quantitative estimate of drug-likeness (QED) is 0.00523. The van der Waals surface area contributed by atoms with Gasteiger partial charge in [-0.1, -0.05) is 162 Å². The van der Waals surface area contributed by atoms with Crippen molar-refractivity contribution in [2.75, 3.05) is 107 Å². The molecular formula is C93H129BrClN7O30S5. The third-order valence-electron chi connectivity index (χ3n) is 16.1. The van der Waals surface area contributed by atoms with Crippen LogP contribution < -0.4 is 27.4 Å². The Morgan fingerprint density at radius 1 is 0.409 bits per heavy atom. The van der Waals surface area contributed by atoms with E-state index in [1.165, 1.54) is 0 Å². The molecule has 0 unspecified atom stereocenters. The standard InChI is InChI=1S/C25H32N2O8S.C22H27NO6S.C18H27NO6S.C13H19NO4S.C7H8O.C4H7BrO2.C3H9N.CClNO3S/c1-5-33-22(28)17-27(24(30)34-18-20-9-7-6-8-10-20)36(31,32)16-15-19-11-13-21(14-12-19)26-23(29)35-25(2,3)4;1-22(2,3)29-21(25)23-19-11-9-17(10-12-19)13-14-30(26,27)16-20(24)28-15-18-7-5-4-6-8-18;1-5-24-16(20)11-13-26(22,23)12-10-14-6-8-15(9-7-14)19-17(21)25-18(2,3)4;1-2-18-13(15)8-10-19(16,17)9-7-11-3-5-12(14)6-4-11;8-6-7-4-2-1-3-5-7;1-2-7-4(6)3-5;1-2-3-4;2-7(4,5)6-1-3/h6-14H,5,15-18H2,1-4H3,(H,26,29);4-12H,13-16H2,1-3H3,(H,23,25);6-9H,5,10-13H2,1-4H3,(H,19,21);3-6H,2,7-10,14H2,1H3;1-5,8H,6H2;2-3H2,1H3;2-4H2,1H3;. The van der Waals surface area contributed by atoms with Crippen LogP contribution in [0.25, 0.3) is 0 Å². The number of aliphatic hydroxyl groups is 1. The van der Waals surface area contributed by atoms with Crippen LogP contribution in [0.4, 0.5) is 41.9 Å². The Bertz CT molecular complexity index is 5410. The number of halogens is 2. The molecule has 0 saturated heterocycles. The molecule has 37 nitrogen and oxygen atoms in total. The summed E-state index contributed by atoms with van der Waals surface area (Å²) < 4.78 is 165. The second-order valence-corrected chi connectivity index (χ2v) is 42.9. The first-order valence-corrected chi connectivity index (χ1v) is 53.2. The molecule has 8 N–H and O–H groups in total. The lowest BCUT2D eigenvalue weighted by Crippen LogP contribution is -2.43. The number of rotatable bonds is 38. The number of benzene rings is 7. The number of esters is 5. The number of ether oxygens (including phenoxy) is 9. The lowest BCUT2D eigenvalue weighted by molar-refractivity contribution is -0.143. The highest BCUT2D eigenvalue weighted by atomic mass is 79.9. The van der Waals surface area contributed by atoms with Gasteiger partial charge in [-0.3, -0.25) is 44.1 Å². The van der Waals surface area contributed by atoms with E-state index < -0.39 is 132 Å². The monoisotopic (exact) mass is 2100 g/mol. The normalized spacial score (nSPS) is 11.0. The summed E-state index contributed by atoms with van der Waals surface area (Å²) in [6.07, 6.45) is -0.0556. The maximum Gasteiger partial charge on any atom is 0.424 e. The van der Waals surface area contributed by atoms with Gasteiger partial charge >= 0.3 is 69.8 Å². The largest absolute Gasteiger partial charge is 0.466 e. The number of nitrogens with two attached hydrogens (primary N) is 2. The number of nitrogens with zero attached hydrogens (tertiary/aromatic N) is 2. The van der Waals surface area contributed by atoms with Crippen LogP contribution in [-0.2, 0) is 165 Å². The van der Waals surface area contributed by atoms with Crippen molar-refractivity contribution in [2.24, 2.45) is 5.73 Å². The van der Waals surface area contributed by atoms with E-state index in [-0.39, 0.29) is 100 Å². The lowest BCUT2D eigenvalue weighted by Gasteiger charge is -2.21. The van der Waals surface area contributed by atoms with E-state index in [9.17, 15) is 85.2 Å². The molecule has 0 saturated carbocycles. The average Bonchev–Trinajstić information content (AvgIpc) is 0.825. The van der Waals surface area contributed by atoms with Gasteiger partial charge in [-0.25, -0.2) is 52.8 Å². The van der Waals surface area contributed by atoms with Crippen LogP contribution in [0.5, 0.6) is 0 Å². The fourth-order valence-electron chi connectivity index (χ4n) is 9.79. The van der Waals surface area contributed by atoms with Crippen LogP contribution in [0.2, 0.25) is 0 Å². The maximum absolute atomic E-state index is 13.0. The Balaban J connectivity index is 0.00000167. The van der Waals surface area contributed by atoms with Gasteiger partial charge in [0.05, 0.1) is 91.1 Å². The Kier molecular flexibility index (Phi) is 61.3. The average molecular weight is 2100 g/mol. The van der Waals surface area contributed by atoms with E-state index >= 15 is 0 Å². The number of aryl methyl sites for hydroxylation is 4. The fourth-order valence-corrected chi connectivity index (χ4v) is 15.0. The molecule has 7 aromatic carbocycles. The number of nitrogen functional groups attached to an aromatic ring is 1. The highest BCUT2D eigenvalue weighted by molar-refractivity contribution is 9.09. The predicted molar refractivity (Wildman–Crippen MR) is 527 cm³/mol. The molecular weight excluding hydrogens is 1970 g/mol. The van der Waals surface area contributed by atoms with Crippen LogP contribution >= 0.6 is 26.6 Å². The second-order valence-electron chi connectivity index (χ2n) is 31.5. The van der Waals surface area contributed by atoms with Gasteiger partial charge in [0, 0.05) is 22.7 Å². The van der Waals surface area contributed by atoms with Crippen molar-refractivity contribution in [3.05, 3.63) is 227 Å². The Morgan fingerprint density at radius 2 is 0.715 bits per heavy atom. The number of sulfone groups is 3. The fraction of sp³-hybridized carbons (Fsp3) is 0.441. The van der Waals surface area contributed by atoms with E-state index in [4.69, 9.17) is 59.7 Å². The van der Waals surface area contributed by atoms with Gasteiger partial charge in [0.25, 0.3) is 0 Å². The molecule has 0 radical (unpaired) electrons. The number of nitrogens with one attached hydrogen (secondary N) is 3. The van der Waals surface area contributed by atoms with Crippen molar-refractivity contribution < 1.29 is 137 Å². The summed E-state index contributed by atoms with van der Waals surface area (Å²) in [5.74, 6) is -4.51. The van der Waals surface area contributed by atoms with Crippen LogP contribution in [0, 0.1) is 11.5 Å². The van der Waals surface area contributed by atoms with Gasteiger partial charge in [0.2, 0.25) is 10.0 Å². The van der Waals surface area contributed by atoms with Crippen LogP contribution in [0.3, 0.4) is 0 Å². The molecule has 0 spiro atoms. The predicted octanol–water partition coefficient (Wildman–Crippen LogP) is 14.4. The van der Waals surface area contributed by atoms with Crippen molar-refractivity contribution in [3.8, 4) is 6.26 Å². The number of aliphatic hydroxyl groups excluding tert-OH is 1. The van der Waals surface area contributed by atoms with Gasteiger partial charge in [-0.05, 0) is 216 Å². The third kappa shape index (κ3) is 68.2. The van der Waals surface area contributed by atoms with Gasteiger partial charge < -0.3 is 59.2 Å². The van der Waals surface area contributed by atoms with Crippen molar-refractivity contribution in [1.82, 2.24) is 4.31 Å². The number of hydrogen-bond donors (Lipinski definition) is 6. The molecule has 7 aromatic rings. The van der Waals surface area contributed by atoms with Crippen LogP contribution in [0.1, 0.15) is 155 Å². The Morgan fingerprint density at radius 3 is 1.00 bits per heavy atom. The van der Waals surface area contributed by atoms with E-state index in [0.29, 0.717) is 63.0 Å². The molecule has 0 aliphatic rings. The topological polar surface area (TPSA) is 552 Å². The molecule has 760 valence electrons. The number of nitriles is 1. The molecule has 0 heterocycles. The number of anilines is 4.